The molecule has 0 bridgehead atoms. The predicted molar refractivity (Wildman–Crippen MR) is 109 cm³/mol. The maximum Gasteiger partial charge on any atom is 0.387 e. The molecule has 0 aliphatic heterocycles. The molecule has 0 aliphatic rings. The zero-order valence-electron chi connectivity index (χ0n) is 15.4. The van der Waals surface area contributed by atoms with E-state index in [2.05, 4.69) is 35.8 Å². The summed E-state index contributed by atoms with van der Waals surface area (Å²) in [5.41, 5.74) is 1.80. The number of ether oxygens (including phenoxy) is 1. The normalized spacial score (nSPS) is 11.0. The fraction of sp³-hybridized carbons (Fsp3) is 0.167. The summed E-state index contributed by atoms with van der Waals surface area (Å²) in [6.45, 7) is -2.20. The van der Waals surface area contributed by atoms with Crippen molar-refractivity contribution < 1.29 is 13.5 Å². The zero-order chi connectivity index (χ0) is 20.8. The summed E-state index contributed by atoms with van der Waals surface area (Å²) in [5, 5.41) is 24.0. The van der Waals surface area contributed by atoms with E-state index in [1.54, 1.807) is 12.1 Å². The molecule has 4 rings (SSSR count). The van der Waals surface area contributed by atoms with Gasteiger partial charge in [-0.25, -0.2) is 0 Å². The summed E-state index contributed by atoms with van der Waals surface area (Å²) in [6, 6.07) is 16.1. The number of hydrogen-bond acceptors (Lipinski definition) is 9. The highest BCUT2D eigenvalue weighted by Crippen LogP contribution is 2.28. The summed E-state index contributed by atoms with van der Waals surface area (Å²) in [7, 11) is 0. The van der Waals surface area contributed by atoms with Gasteiger partial charge in [-0.05, 0) is 40.3 Å². The molecule has 4 aromatic rings. The number of aromatic nitrogens is 6. The predicted octanol–water partition coefficient (Wildman–Crippen LogP) is 4.02. The smallest absolute Gasteiger partial charge is 0.387 e. The molecule has 12 heteroatoms. The van der Waals surface area contributed by atoms with E-state index in [0.29, 0.717) is 23.8 Å². The fourth-order valence-electron chi connectivity index (χ4n) is 2.50. The standard InChI is InChI=1S/C18H15F2N7OS2/c19-16(20)28-14-8-6-13(7-9-14)27-15(22-25-26-27)11-29-18-24-23-17(30-18)21-10-12-4-2-1-3-5-12/h1-9,16H,10-11H2,(H,21,23). The Morgan fingerprint density at radius 3 is 2.60 bits per heavy atom. The van der Waals surface area contributed by atoms with Gasteiger partial charge in [0.25, 0.3) is 0 Å². The third kappa shape index (κ3) is 5.27. The summed E-state index contributed by atoms with van der Waals surface area (Å²) in [6.07, 6.45) is 0. The van der Waals surface area contributed by atoms with Crippen LogP contribution in [0.25, 0.3) is 5.69 Å². The Hall–Kier alpha value is -3.12. The molecule has 8 nitrogen and oxygen atoms in total. The molecule has 0 radical (unpaired) electrons. The van der Waals surface area contributed by atoms with Crippen LogP contribution in [0.15, 0.2) is 58.9 Å². The molecule has 154 valence electrons. The van der Waals surface area contributed by atoms with Gasteiger partial charge in [0.2, 0.25) is 5.13 Å². The first kappa shape index (κ1) is 20.2. The van der Waals surface area contributed by atoms with Gasteiger partial charge in [0.1, 0.15) is 5.75 Å². The number of alkyl halides is 2. The molecule has 0 spiro atoms. The van der Waals surface area contributed by atoms with E-state index in [1.807, 2.05) is 30.3 Å². The Labute approximate surface area is 178 Å². The van der Waals surface area contributed by atoms with E-state index in [0.717, 1.165) is 15.0 Å². The van der Waals surface area contributed by atoms with Gasteiger partial charge in [-0.15, -0.1) is 15.3 Å². The summed E-state index contributed by atoms with van der Waals surface area (Å²) < 4.78 is 31.2. The third-order valence-corrected chi connectivity index (χ3v) is 5.87. The molecule has 0 saturated carbocycles. The van der Waals surface area contributed by atoms with Gasteiger partial charge in [-0.2, -0.15) is 13.5 Å². The lowest BCUT2D eigenvalue weighted by molar-refractivity contribution is -0.0498. The Bertz CT molecular complexity index is 1070. The van der Waals surface area contributed by atoms with Gasteiger partial charge in [0.05, 0.1) is 11.4 Å². The van der Waals surface area contributed by atoms with Gasteiger partial charge in [0.15, 0.2) is 10.2 Å². The van der Waals surface area contributed by atoms with Crippen molar-refractivity contribution in [2.45, 2.75) is 23.2 Å². The van der Waals surface area contributed by atoms with Crippen LogP contribution in [-0.2, 0) is 12.3 Å². The van der Waals surface area contributed by atoms with Crippen molar-refractivity contribution in [1.29, 1.82) is 0 Å². The number of tetrazole rings is 1. The number of rotatable bonds is 9. The number of hydrogen-bond donors (Lipinski definition) is 1. The van der Waals surface area contributed by atoms with Crippen molar-refractivity contribution >= 4 is 28.2 Å². The van der Waals surface area contributed by atoms with Crippen molar-refractivity contribution in [2.24, 2.45) is 0 Å². The maximum atomic E-state index is 12.3. The highest BCUT2D eigenvalue weighted by atomic mass is 32.2. The number of benzene rings is 2. The highest BCUT2D eigenvalue weighted by Gasteiger charge is 2.12. The number of nitrogens with one attached hydrogen (secondary N) is 1. The van der Waals surface area contributed by atoms with Gasteiger partial charge >= 0.3 is 6.61 Å². The lowest BCUT2D eigenvalue weighted by atomic mass is 10.2. The molecule has 30 heavy (non-hydrogen) atoms. The van der Waals surface area contributed by atoms with Crippen LogP contribution in [-0.4, -0.2) is 37.0 Å². The quantitative estimate of drug-likeness (QED) is 0.385. The highest BCUT2D eigenvalue weighted by molar-refractivity contribution is 8.00. The van der Waals surface area contributed by atoms with Crippen molar-refractivity contribution in [3.8, 4) is 11.4 Å². The van der Waals surface area contributed by atoms with Crippen LogP contribution >= 0.6 is 23.1 Å². The number of nitrogens with zero attached hydrogens (tertiary/aromatic N) is 6. The van der Waals surface area contributed by atoms with E-state index in [-0.39, 0.29) is 5.75 Å². The van der Waals surface area contributed by atoms with Crippen LogP contribution in [0.2, 0.25) is 0 Å². The molecule has 1 N–H and O–H groups in total. The Morgan fingerprint density at radius 1 is 1.03 bits per heavy atom. The Balaban J connectivity index is 1.35. The summed E-state index contributed by atoms with van der Waals surface area (Å²) in [5.74, 6) is 1.13. The van der Waals surface area contributed by atoms with Crippen LogP contribution in [0, 0.1) is 0 Å². The van der Waals surface area contributed by atoms with Crippen LogP contribution in [0.5, 0.6) is 5.75 Å². The fourth-order valence-corrected chi connectivity index (χ4v) is 4.16. The van der Waals surface area contributed by atoms with E-state index in [1.165, 1.54) is 39.9 Å². The van der Waals surface area contributed by atoms with E-state index in [4.69, 9.17) is 0 Å². The Morgan fingerprint density at radius 2 is 1.83 bits per heavy atom. The van der Waals surface area contributed by atoms with Crippen LogP contribution in [0.3, 0.4) is 0 Å². The summed E-state index contributed by atoms with van der Waals surface area (Å²) >= 11 is 2.91. The monoisotopic (exact) mass is 447 g/mol. The second-order valence-corrected chi connectivity index (χ2v) is 8.08. The molecule has 0 fully saturated rings. The molecule has 0 saturated heterocycles. The SMILES string of the molecule is FC(F)Oc1ccc(-n2nnnc2CSc2nnc(NCc3ccccc3)s2)cc1. The van der Waals surface area contributed by atoms with E-state index >= 15 is 0 Å². The molecular formula is C18H15F2N7OS2. The van der Waals surface area contributed by atoms with Crippen molar-refractivity contribution in [3.63, 3.8) is 0 Å². The Kier molecular flexibility index (Phi) is 6.44. The molecule has 0 amide bonds. The molecule has 0 aliphatic carbocycles. The molecule has 0 unspecified atom stereocenters. The summed E-state index contributed by atoms with van der Waals surface area (Å²) in [4.78, 5) is 0. The van der Waals surface area contributed by atoms with Gasteiger partial charge < -0.3 is 10.1 Å². The van der Waals surface area contributed by atoms with Crippen LogP contribution in [0.4, 0.5) is 13.9 Å². The first-order valence-corrected chi connectivity index (χ1v) is 10.5. The van der Waals surface area contributed by atoms with E-state index < -0.39 is 6.61 Å². The van der Waals surface area contributed by atoms with Crippen molar-refractivity contribution in [3.05, 3.63) is 66.0 Å². The second kappa shape index (κ2) is 9.59. The average Bonchev–Trinajstić information content (AvgIpc) is 3.41. The zero-order valence-corrected chi connectivity index (χ0v) is 17.0. The average molecular weight is 447 g/mol. The molecule has 2 heterocycles. The second-order valence-electron chi connectivity index (χ2n) is 5.88. The maximum absolute atomic E-state index is 12.3. The molecular weight excluding hydrogens is 432 g/mol. The minimum Gasteiger partial charge on any atom is -0.435 e. The first-order chi connectivity index (χ1) is 14.7. The molecule has 2 aromatic heterocycles. The van der Waals surface area contributed by atoms with Gasteiger partial charge in [0, 0.05) is 6.54 Å². The minimum atomic E-state index is -2.87. The van der Waals surface area contributed by atoms with Gasteiger partial charge in [-0.1, -0.05) is 53.4 Å². The number of halogens is 2. The lowest BCUT2D eigenvalue weighted by Gasteiger charge is -2.06. The topological polar surface area (TPSA) is 90.6 Å². The number of anilines is 1. The van der Waals surface area contributed by atoms with E-state index in [9.17, 15) is 8.78 Å². The molecule has 2 aromatic carbocycles. The third-order valence-electron chi connectivity index (χ3n) is 3.86. The number of thioether (sulfide) groups is 1. The van der Waals surface area contributed by atoms with Gasteiger partial charge in [-0.3, -0.25) is 0 Å². The van der Waals surface area contributed by atoms with Crippen LogP contribution in [0.1, 0.15) is 11.4 Å². The van der Waals surface area contributed by atoms with Crippen molar-refractivity contribution in [1.82, 2.24) is 30.4 Å². The lowest BCUT2D eigenvalue weighted by Crippen LogP contribution is -2.04. The first-order valence-electron chi connectivity index (χ1n) is 8.74. The van der Waals surface area contributed by atoms with Crippen molar-refractivity contribution in [2.75, 3.05) is 5.32 Å². The molecule has 0 atom stereocenters. The van der Waals surface area contributed by atoms with Crippen LogP contribution < -0.4 is 10.1 Å². The minimum absolute atomic E-state index is 0.0714. The largest absolute Gasteiger partial charge is 0.435 e.